The summed E-state index contributed by atoms with van der Waals surface area (Å²) in [6.45, 7) is 0. The average molecular weight is 452 g/mol. The Morgan fingerprint density at radius 2 is 1.26 bits per heavy atom. The van der Waals surface area contributed by atoms with Gasteiger partial charge in [0.15, 0.2) is 13.5 Å². The summed E-state index contributed by atoms with van der Waals surface area (Å²) < 4.78 is 2.58. The Kier molecular flexibility index (Phi) is 3.63. The average Bonchev–Trinajstić information content (AvgIpc) is 3.42. The number of nitrogens with zero attached hydrogens (tertiary/aromatic N) is 1. The predicted molar refractivity (Wildman–Crippen MR) is 144 cm³/mol. The Balaban J connectivity index is 1.69. The fraction of sp³-hybridized carbons (Fsp3) is 0.0312. The Hall–Kier alpha value is -3.80. The van der Waals surface area contributed by atoms with E-state index in [2.05, 4.69) is 132 Å². The number of benzene rings is 5. The quantitative estimate of drug-likeness (QED) is 0.170. The van der Waals surface area contributed by atoms with Crippen LogP contribution in [0.5, 0.6) is 0 Å². The number of hydrogen-bond acceptors (Lipinski definition) is 0. The molecule has 158 valence electrons. The van der Waals surface area contributed by atoms with Crippen LogP contribution in [0, 0.1) is 0 Å². The van der Waals surface area contributed by atoms with Gasteiger partial charge in [0.2, 0.25) is 5.69 Å². The Morgan fingerprint density at radius 1 is 0.588 bits per heavy atom. The molecule has 1 nitrogen and oxygen atoms in total. The molecule has 1 unspecified atom stereocenters. The van der Waals surface area contributed by atoms with Crippen LogP contribution in [-0.2, 0) is 0 Å². The zero-order valence-corrected chi connectivity index (χ0v) is 19.5. The summed E-state index contributed by atoms with van der Waals surface area (Å²) >= 11 is 0. The van der Waals surface area contributed by atoms with Gasteiger partial charge in [0.05, 0.1) is 11.1 Å². The van der Waals surface area contributed by atoms with Gasteiger partial charge < -0.3 is 0 Å². The maximum atomic E-state index is 2.58. The molecule has 1 atom stereocenters. The number of fused-ring (bicyclic) bond motifs is 5. The first kappa shape index (κ1) is 18.6. The molecule has 0 aliphatic carbocycles. The number of hydrogen-bond donors (Lipinski definition) is 0. The Bertz CT molecular complexity index is 1720. The fourth-order valence-electron chi connectivity index (χ4n) is 6.57. The van der Waals surface area contributed by atoms with Gasteiger partial charge >= 0.3 is 0 Å². The van der Waals surface area contributed by atoms with Gasteiger partial charge in [-0.15, -0.1) is 0 Å². The van der Waals surface area contributed by atoms with Crippen molar-refractivity contribution in [3.05, 3.63) is 133 Å². The van der Waals surface area contributed by atoms with E-state index in [1.165, 1.54) is 49.0 Å². The van der Waals surface area contributed by atoms with Crippen LogP contribution in [0.3, 0.4) is 0 Å². The van der Waals surface area contributed by atoms with Crippen molar-refractivity contribution in [2.75, 3.05) is 0 Å². The minimum absolute atomic E-state index is 0.271. The molecular formula is C32H22NP+2. The maximum absolute atomic E-state index is 2.58. The Labute approximate surface area is 199 Å². The molecule has 8 rings (SSSR count). The molecule has 2 heteroatoms. The fourth-order valence-corrected chi connectivity index (χ4v) is 11.9. The lowest BCUT2D eigenvalue weighted by atomic mass is 9.96. The normalized spacial score (nSPS) is 16.8. The highest BCUT2D eigenvalue weighted by atomic mass is 31.2. The summed E-state index contributed by atoms with van der Waals surface area (Å²) in [5.41, 5.74) is 4.24. The molecule has 5 aromatic carbocycles. The molecule has 2 aliphatic heterocycles. The molecule has 0 fully saturated rings. The first-order chi connectivity index (χ1) is 16.9. The topological polar surface area (TPSA) is 3.88 Å². The van der Waals surface area contributed by atoms with Gasteiger partial charge in [0, 0.05) is 22.9 Å². The minimum Gasteiger partial charge on any atom is -0.157 e. The van der Waals surface area contributed by atoms with E-state index in [1.807, 2.05) is 0 Å². The van der Waals surface area contributed by atoms with Crippen LogP contribution in [0.25, 0.3) is 32.8 Å². The molecule has 1 aromatic heterocycles. The standard InChI is InChI=1S/C32H22NP/c1-3-12-24(13-4-1)34(25-14-5-2-6-15-25)31-26-16-8-7-11-22(26)21-23-18-19-27-28-17-9-10-20-33(28)32(34)30(27)29(23)31/h1-21,32H/q+2. The molecule has 0 spiro atoms. The molecule has 0 N–H and O–H groups in total. The van der Waals surface area contributed by atoms with Crippen LogP contribution < -0.4 is 20.5 Å². The van der Waals surface area contributed by atoms with Crippen LogP contribution in [-0.4, -0.2) is 0 Å². The highest BCUT2D eigenvalue weighted by Gasteiger charge is 2.68. The molecule has 0 saturated carbocycles. The van der Waals surface area contributed by atoms with Gasteiger partial charge in [-0.3, -0.25) is 0 Å². The van der Waals surface area contributed by atoms with E-state index < -0.39 is 7.26 Å². The zero-order valence-electron chi connectivity index (χ0n) is 18.6. The lowest BCUT2D eigenvalue weighted by Crippen LogP contribution is -2.45. The van der Waals surface area contributed by atoms with E-state index in [0.29, 0.717) is 0 Å². The summed E-state index contributed by atoms with van der Waals surface area (Å²) in [6.07, 6.45) is 2.31. The SMILES string of the molecule is c1ccc([P+]2(c3ccccc3)c3c4ccccc4cc4ccc5c(c34)C2[n+]2ccccc2-5)cc1. The third-order valence-electron chi connectivity index (χ3n) is 7.78. The van der Waals surface area contributed by atoms with Gasteiger partial charge in [-0.25, -0.2) is 0 Å². The van der Waals surface area contributed by atoms with Crippen LogP contribution in [0.15, 0.2) is 128 Å². The van der Waals surface area contributed by atoms with Crippen molar-refractivity contribution in [2.24, 2.45) is 0 Å². The molecule has 0 bridgehead atoms. The number of pyridine rings is 1. The third kappa shape index (κ3) is 2.12. The minimum atomic E-state index is -2.08. The molecule has 0 radical (unpaired) electrons. The number of aromatic nitrogens is 1. The van der Waals surface area contributed by atoms with E-state index in [-0.39, 0.29) is 5.78 Å². The Morgan fingerprint density at radius 3 is 2.03 bits per heavy atom. The van der Waals surface area contributed by atoms with Crippen molar-refractivity contribution in [1.82, 2.24) is 0 Å². The van der Waals surface area contributed by atoms with E-state index in [4.69, 9.17) is 0 Å². The summed E-state index contributed by atoms with van der Waals surface area (Å²) in [4.78, 5) is 0. The molecule has 2 aliphatic rings. The van der Waals surface area contributed by atoms with Crippen LogP contribution in [0.4, 0.5) is 0 Å². The highest BCUT2D eigenvalue weighted by Crippen LogP contribution is 2.73. The molecule has 34 heavy (non-hydrogen) atoms. The van der Waals surface area contributed by atoms with Crippen molar-refractivity contribution in [2.45, 2.75) is 5.78 Å². The van der Waals surface area contributed by atoms with Crippen LogP contribution in [0.2, 0.25) is 0 Å². The molecular weight excluding hydrogens is 429 g/mol. The monoisotopic (exact) mass is 451 g/mol. The van der Waals surface area contributed by atoms with E-state index in [0.717, 1.165) is 0 Å². The lowest BCUT2D eigenvalue weighted by Gasteiger charge is -2.26. The second-order valence-corrected chi connectivity index (χ2v) is 12.7. The lowest BCUT2D eigenvalue weighted by molar-refractivity contribution is -0.676. The molecule has 0 saturated heterocycles. The van der Waals surface area contributed by atoms with E-state index in [1.54, 1.807) is 5.30 Å². The smallest absolute Gasteiger partial charge is 0.157 e. The van der Waals surface area contributed by atoms with Crippen molar-refractivity contribution in [3.8, 4) is 11.3 Å². The third-order valence-corrected chi connectivity index (χ3v) is 12.4. The van der Waals surface area contributed by atoms with Crippen molar-refractivity contribution in [3.63, 3.8) is 0 Å². The molecule has 3 heterocycles. The zero-order chi connectivity index (χ0) is 22.3. The van der Waals surface area contributed by atoms with Crippen molar-refractivity contribution in [1.29, 1.82) is 0 Å². The van der Waals surface area contributed by atoms with Gasteiger partial charge in [-0.1, -0.05) is 66.7 Å². The largest absolute Gasteiger partial charge is 0.298 e. The van der Waals surface area contributed by atoms with E-state index >= 15 is 0 Å². The van der Waals surface area contributed by atoms with Crippen molar-refractivity contribution < 1.29 is 4.57 Å². The summed E-state index contributed by atoms with van der Waals surface area (Å²) in [6, 6.07) is 45.5. The molecule has 6 aromatic rings. The second kappa shape index (κ2) is 6.63. The van der Waals surface area contributed by atoms with Gasteiger partial charge in [0.1, 0.15) is 15.9 Å². The first-order valence-electron chi connectivity index (χ1n) is 11.9. The van der Waals surface area contributed by atoms with Crippen LogP contribution in [0.1, 0.15) is 11.3 Å². The molecule has 0 amide bonds. The van der Waals surface area contributed by atoms with Crippen LogP contribution >= 0.6 is 7.26 Å². The highest BCUT2D eigenvalue weighted by molar-refractivity contribution is 7.97. The van der Waals surface area contributed by atoms with Gasteiger partial charge in [-0.2, -0.15) is 4.57 Å². The van der Waals surface area contributed by atoms with Crippen molar-refractivity contribution >= 4 is 44.7 Å². The summed E-state index contributed by atoms with van der Waals surface area (Å²) in [5, 5.41) is 10.0. The van der Waals surface area contributed by atoms with Gasteiger partial charge in [-0.05, 0) is 53.2 Å². The summed E-state index contributed by atoms with van der Waals surface area (Å²) in [7, 11) is -2.08. The number of rotatable bonds is 2. The van der Waals surface area contributed by atoms with E-state index in [9.17, 15) is 0 Å². The first-order valence-corrected chi connectivity index (χ1v) is 13.7. The maximum Gasteiger partial charge on any atom is 0.298 e. The van der Waals surface area contributed by atoms with Gasteiger partial charge in [0.25, 0.3) is 5.78 Å². The summed E-state index contributed by atoms with van der Waals surface area (Å²) in [5.74, 6) is 0.271. The predicted octanol–water partition coefficient (Wildman–Crippen LogP) is 6.12. The second-order valence-electron chi connectivity index (χ2n) is 9.33.